The third-order valence-corrected chi connectivity index (χ3v) is 1.99. The summed E-state index contributed by atoms with van der Waals surface area (Å²) in [5.41, 5.74) is 0. The molecular formula is C7H8F3NO3. The lowest BCUT2D eigenvalue weighted by atomic mass is 10.1. The van der Waals surface area contributed by atoms with Crippen LogP contribution in [0.3, 0.4) is 0 Å². The van der Waals surface area contributed by atoms with Crippen molar-refractivity contribution >= 4 is 11.9 Å². The van der Waals surface area contributed by atoms with E-state index in [0.717, 1.165) is 7.11 Å². The Hall–Kier alpha value is -1.27. The number of methoxy groups -OCH3 is 1. The van der Waals surface area contributed by atoms with Gasteiger partial charge in [0.25, 0.3) is 0 Å². The maximum absolute atomic E-state index is 12.1. The summed E-state index contributed by atoms with van der Waals surface area (Å²) in [6, 6.07) is -1.95. The molecule has 1 aliphatic heterocycles. The minimum atomic E-state index is -4.52. The highest BCUT2D eigenvalue weighted by Crippen LogP contribution is 2.29. The van der Waals surface area contributed by atoms with Gasteiger partial charge in [0.2, 0.25) is 5.91 Å². The molecule has 0 radical (unpaired) electrons. The third-order valence-electron chi connectivity index (χ3n) is 1.99. The molecule has 2 unspecified atom stereocenters. The van der Waals surface area contributed by atoms with E-state index in [1.165, 1.54) is 0 Å². The zero-order valence-electron chi connectivity index (χ0n) is 7.22. The lowest BCUT2D eigenvalue weighted by Crippen LogP contribution is -2.38. The van der Waals surface area contributed by atoms with Crippen LogP contribution >= 0.6 is 0 Å². The standard InChI is InChI=1S/C7H8F3NO3/c1-14-6(13)3-2-4(7(8,9)10)11-5(3)12/h3-4H,2H2,1H3,(H,11,12). The third kappa shape index (κ3) is 1.97. The van der Waals surface area contributed by atoms with Gasteiger partial charge in [-0.25, -0.2) is 0 Å². The Kier molecular flexibility index (Phi) is 2.68. The first-order valence-electron chi connectivity index (χ1n) is 3.81. The second-order valence-corrected chi connectivity index (χ2v) is 2.91. The van der Waals surface area contributed by atoms with Gasteiger partial charge >= 0.3 is 12.1 Å². The molecule has 0 saturated carbocycles. The Bertz CT molecular complexity index is 263. The summed E-state index contributed by atoms with van der Waals surface area (Å²) < 4.78 is 40.5. The van der Waals surface area contributed by atoms with Gasteiger partial charge in [-0.1, -0.05) is 0 Å². The molecule has 1 saturated heterocycles. The van der Waals surface area contributed by atoms with Gasteiger partial charge in [0.05, 0.1) is 7.11 Å². The van der Waals surface area contributed by atoms with Crippen molar-refractivity contribution in [3.63, 3.8) is 0 Å². The first-order chi connectivity index (χ1) is 6.36. The topological polar surface area (TPSA) is 55.4 Å². The predicted octanol–water partition coefficient (Wildman–Crippen LogP) is 0.226. The molecule has 1 fully saturated rings. The molecule has 0 aromatic heterocycles. The van der Waals surface area contributed by atoms with Crippen molar-refractivity contribution in [1.82, 2.24) is 5.32 Å². The van der Waals surface area contributed by atoms with Crippen molar-refractivity contribution in [2.75, 3.05) is 7.11 Å². The normalized spacial score (nSPS) is 27.3. The van der Waals surface area contributed by atoms with Crippen molar-refractivity contribution in [3.05, 3.63) is 0 Å². The van der Waals surface area contributed by atoms with Gasteiger partial charge in [0.1, 0.15) is 12.0 Å². The number of esters is 1. The van der Waals surface area contributed by atoms with Crippen molar-refractivity contribution < 1.29 is 27.5 Å². The smallest absolute Gasteiger partial charge is 0.408 e. The van der Waals surface area contributed by atoms with Crippen LogP contribution in [0.5, 0.6) is 0 Å². The summed E-state index contributed by atoms with van der Waals surface area (Å²) >= 11 is 0. The number of hydrogen-bond acceptors (Lipinski definition) is 3. The summed E-state index contributed by atoms with van der Waals surface area (Å²) in [5, 5.41) is 1.69. The molecule has 1 N–H and O–H groups in total. The molecule has 7 heteroatoms. The van der Waals surface area contributed by atoms with Crippen molar-refractivity contribution in [2.24, 2.45) is 5.92 Å². The Balaban J connectivity index is 2.70. The van der Waals surface area contributed by atoms with E-state index in [1.54, 1.807) is 5.32 Å². The number of amides is 1. The van der Waals surface area contributed by atoms with Gasteiger partial charge in [-0.3, -0.25) is 9.59 Å². The maximum Gasteiger partial charge on any atom is 0.408 e. The summed E-state index contributed by atoms with van der Waals surface area (Å²) in [6.07, 6.45) is -5.10. The number of carbonyl (C=O) groups is 2. The number of rotatable bonds is 1. The molecule has 0 aromatic rings. The molecular weight excluding hydrogens is 203 g/mol. The van der Waals surface area contributed by atoms with E-state index in [0.29, 0.717) is 0 Å². The Morgan fingerprint density at radius 2 is 2.14 bits per heavy atom. The lowest BCUT2D eigenvalue weighted by molar-refractivity contribution is -0.155. The number of nitrogens with one attached hydrogen (secondary N) is 1. The van der Waals surface area contributed by atoms with Crippen LogP contribution in [0.15, 0.2) is 0 Å². The molecule has 0 aliphatic carbocycles. The molecule has 2 atom stereocenters. The first-order valence-corrected chi connectivity index (χ1v) is 3.81. The van der Waals surface area contributed by atoms with Crippen LogP contribution in [0.25, 0.3) is 0 Å². The second-order valence-electron chi connectivity index (χ2n) is 2.91. The summed E-state index contributed by atoms with van der Waals surface area (Å²) in [4.78, 5) is 21.8. The molecule has 1 heterocycles. The molecule has 1 aliphatic rings. The zero-order chi connectivity index (χ0) is 10.9. The first kappa shape index (κ1) is 10.8. The minimum absolute atomic E-state index is 0.588. The average molecular weight is 211 g/mol. The molecule has 14 heavy (non-hydrogen) atoms. The van der Waals surface area contributed by atoms with Crippen LogP contribution in [0.2, 0.25) is 0 Å². The van der Waals surface area contributed by atoms with Crippen molar-refractivity contribution in [1.29, 1.82) is 0 Å². The maximum atomic E-state index is 12.1. The van der Waals surface area contributed by atoms with Crippen LogP contribution in [0.4, 0.5) is 13.2 Å². The molecule has 0 bridgehead atoms. The summed E-state index contributed by atoms with van der Waals surface area (Å²) in [6.45, 7) is 0. The Labute approximate surface area is 77.4 Å². The highest BCUT2D eigenvalue weighted by Gasteiger charge is 2.50. The Morgan fingerprint density at radius 3 is 2.50 bits per heavy atom. The van der Waals surface area contributed by atoms with Gasteiger partial charge in [0.15, 0.2) is 0 Å². The fourth-order valence-corrected chi connectivity index (χ4v) is 1.23. The summed E-state index contributed by atoms with van der Waals surface area (Å²) in [5.74, 6) is -3.21. The second kappa shape index (κ2) is 3.47. The number of ether oxygens (including phenoxy) is 1. The highest BCUT2D eigenvalue weighted by atomic mass is 19.4. The van der Waals surface area contributed by atoms with E-state index in [4.69, 9.17) is 0 Å². The van der Waals surface area contributed by atoms with Gasteiger partial charge < -0.3 is 10.1 Å². The van der Waals surface area contributed by atoms with Crippen LogP contribution in [0.1, 0.15) is 6.42 Å². The van der Waals surface area contributed by atoms with E-state index >= 15 is 0 Å². The molecule has 4 nitrogen and oxygen atoms in total. The van der Waals surface area contributed by atoms with E-state index in [-0.39, 0.29) is 0 Å². The SMILES string of the molecule is COC(=O)C1CC(C(F)(F)F)NC1=O. The van der Waals surface area contributed by atoms with Crippen molar-refractivity contribution in [2.45, 2.75) is 18.6 Å². The Morgan fingerprint density at radius 1 is 1.57 bits per heavy atom. The van der Waals surface area contributed by atoms with Gasteiger partial charge in [-0.15, -0.1) is 0 Å². The lowest BCUT2D eigenvalue weighted by Gasteiger charge is -2.13. The molecule has 1 rings (SSSR count). The van der Waals surface area contributed by atoms with E-state index < -0.39 is 36.4 Å². The van der Waals surface area contributed by atoms with Crippen LogP contribution < -0.4 is 5.32 Å². The zero-order valence-corrected chi connectivity index (χ0v) is 7.22. The molecule has 1 amide bonds. The molecule has 0 spiro atoms. The monoisotopic (exact) mass is 211 g/mol. The minimum Gasteiger partial charge on any atom is -0.468 e. The molecule has 0 aromatic carbocycles. The van der Waals surface area contributed by atoms with E-state index in [9.17, 15) is 22.8 Å². The predicted molar refractivity (Wildman–Crippen MR) is 38.1 cm³/mol. The number of carbonyl (C=O) groups excluding carboxylic acids is 2. The van der Waals surface area contributed by atoms with Crippen LogP contribution in [-0.2, 0) is 14.3 Å². The van der Waals surface area contributed by atoms with Crippen LogP contribution in [0, 0.1) is 5.92 Å². The number of halogens is 3. The number of alkyl halides is 3. The van der Waals surface area contributed by atoms with E-state index in [1.807, 2.05) is 0 Å². The number of hydrogen-bond donors (Lipinski definition) is 1. The van der Waals surface area contributed by atoms with E-state index in [2.05, 4.69) is 4.74 Å². The average Bonchev–Trinajstić information content (AvgIpc) is 2.45. The quantitative estimate of drug-likeness (QED) is 0.498. The highest BCUT2D eigenvalue weighted by molar-refractivity contribution is 5.99. The largest absolute Gasteiger partial charge is 0.468 e. The van der Waals surface area contributed by atoms with Gasteiger partial charge in [0, 0.05) is 0 Å². The molecule has 80 valence electrons. The fourth-order valence-electron chi connectivity index (χ4n) is 1.23. The van der Waals surface area contributed by atoms with Gasteiger partial charge in [-0.2, -0.15) is 13.2 Å². The van der Waals surface area contributed by atoms with Crippen molar-refractivity contribution in [3.8, 4) is 0 Å². The van der Waals surface area contributed by atoms with Crippen LogP contribution in [-0.4, -0.2) is 31.2 Å². The summed E-state index contributed by atoms with van der Waals surface area (Å²) in [7, 11) is 1.02. The fraction of sp³-hybridized carbons (Fsp3) is 0.714. The van der Waals surface area contributed by atoms with Gasteiger partial charge in [-0.05, 0) is 6.42 Å².